The molecule has 0 spiro atoms. The SMILES string of the molecule is N=C(N)c1cccc(OCCOC(=O)C2CCN(c3ccncc3)CC2)c1. The fourth-order valence-corrected chi connectivity index (χ4v) is 3.10. The van der Waals surface area contributed by atoms with Gasteiger partial charge in [0.25, 0.3) is 0 Å². The number of amidine groups is 1. The fraction of sp³-hybridized carbons (Fsp3) is 0.350. The number of anilines is 1. The summed E-state index contributed by atoms with van der Waals surface area (Å²) >= 11 is 0. The van der Waals surface area contributed by atoms with Gasteiger partial charge >= 0.3 is 5.97 Å². The first kappa shape index (κ1) is 18.7. The van der Waals surface area contributed by atoms with Crippen molar-refractivity contribution in [3.8, 4) is 5.75 Å². The summed E-state index contributed by atoms with van der Waals surface area (Å²) in [6.07, 6.45) is 5.12. The lowest BCUT2D eigenvalue weighted by molar-refractivity contribution is -0.150. The number of aromatic nitrogens is 1. The molecular formula is C20H24N4O3. The highest BCUT2D eigenvalue weighted by Gasteiger charge is 2.26. The lowest BCUT2D eigenvalue weighted by Gasteiger charge is -2.32. The summed E-state index contributed by atoms with van der Waals surface area (Å²) < 4.78 is 10.9. The molecule has 142 valence electrons. The molecule has 1 aromatic carbocycles. The minimum absolute atomic E-state index is 0.00927. The van der Waals surface area contributed by atoms with E-state index in [-0.39, 0.29) is 30.9 Å². The third-order valence-corrected chi connectivity index (χ3v) is 4.60. The van der Waals surface area contributed by atoms with Crippen LogP contribution in [0.25, 0.3) is 0 Å². The number of ether oxygens (including phenoxy) is 2. The van der Waals surface area contributed by atoms with E-state index < -0.39 is 0 Å². The maximum atomic E-state index is 12.2. The van der Waals surface area contributed by atoms with Crippen molar-refractivity contribution in [3.05, 3.63) is 54.4 Å². The zero-order valence-corrected chi connectivity index (χ0v) is 15.1. The Morgan fingerprint density at radius 2 is 1.93 bits per heavy atom. The Morgan fingerprint density at radius 1 is 1.19 bits per heavy atom. The molecule has 0 radical (unpaired) electrons. The Morgan fingerprint density at radius 3 is 2.63 bits per heavy atom. The van der Waals surface area contributed by atoms with Gasteiger partial charge in [0.05, 0.1) is 5.92 Å². The Hall–Kier alpha value is -3.09. The van der Waals surface area contributed by atoms with Crippen molar-refractivity contribution < 1.29 is 14.3 Å². The Kier molecular flexibility index (Phi) is 6.25. The van der Waals surface area contributed by atoms with E-state index in [4.69, 9.17) is 20.6 Å². The zero-order chi connectivity index (χ0) is 19.1. The zero-order valence-electron chi connectivity index (χ0n) is 15.1. The summed E-state index contributed by atoms with van der Waals surface area (Å²) in [6.45, 7) is 2.13. The van der Waals surface area contributed by atoms with Gasteiger partial charge in [0.15, 0.2) is 0 Å². The molecule has 27 heavy (non-hydrogen) atoms. The number of rotatable bonds is 7. The monoisotopic (exact) mass is 368 g/mol. The van der Waals surface area contributed by atoms with Crippen LogP contribution in [0.5, 0.6) is 5.75 Å². The Labute approximate surface area is 158 Å². The number of esters is 1. The van der Waals surface area contributed by atoms with Gasteiger partial charge in [0.1, 0.15) is 24.8 Å². The number of hydrogen-bond acceptors (Lipinski definition) is 6. The minimum atomic E-state index is -0.162. The average molecular weight is 368 g/mol. The van der Waals surface area contributed by atoms with Gasteiger partial charge < -0.3 is 20.1 Å². The van der Waals surface area contributed by atoms with Gasteiger partial charge in [-0.2, -0.15) is 0 Å². The number of piperidine rings is 1. The largest absolute Gasteiger partial charge is 0.490 e. The number of nitrogens with zero attached hydrogens (tertiary/aromatic N) is 2. The summed E-state index contributed by atoms with van der Waals surface area (Å²) in [7, 11) is 0. The summed E-state index contributed by atoms with van der Waals surface area (Å²) in [5.74, 6) is 0.365. The van der Waals surface area contributed by atoms with E-state index in [1.54, 1.807) is 36.7 Å². The van der Waals surface area contributed by atoms with Crippen molar-refractivity contribution in [2.24, 2.45) is 11.7 Å². The summed E-state index contributed by atoms with van der Waals surface area (Å²) in [5, 5.41) is 7.43. The minimum Gasteiger partial charge on any atom is -0.490 e. The van der Waals surface area contributed by atoms with E-state index in [9.17, 15) is 4.79 Å². The van der Waals surface area contributed by atoms with E-state index in [2.05, 4.69) is 9.88 Å². The van der Waals surface area contributed by atoms with Gasteiger partial charge in [-0.1, -0.05) is 12.1 Å². The lowest BCUT2D eigenvalue weighted by atomic mass is 9.97. The molecule has 0 aliphatic carbocycles. The van der Waals surface area contributed by atoms with Gasteiger partial charge in [-0.3, -0.25) is 15.2 Å². The predicted molar refractivity (Wildman–Crippen MR) is 103 cm³/mol. The first-order valence-electron chi connectivity index (χ1n) is 9.02. The van der Waals surface area contributed by atoms with E-state index in [0.717, 1.165) is 31.6 Å². The molecule has 3 rings (SSSR count). The third-order valence-electron chi connectivity index (χ3n) is 4.60. The van der Waals surface area contributed by atoms with Crippen LogP contribution in [0.4, 0.5) is 5.69 Å². The number of hydrogen-bond donors (Lipinski definition) is 2. The van der Waals surface area contributed by atoms with E-state index in [1.165, 1.54) is 0 Å². The van der Waals surface area contributed by atoms with Crippen LogP contribution >= 0.6 is 0 Å². The van der Waals surface area contributed by atoms with Crippen LogP contribution in [0, 0.1) is 11.3 Å². The number of nitrogens with two attached hydrogens (primary N) is 1. The van der Waals surface area contributed by atoms with Crippen molar-refractivity contribution in [3.63, 3.8) is 0 Å². The molecule has 3 N–H and O–H groups in total. The van der Waals surface area contributed by atoms with E-state index >= 15 is 0 Å². The predicted octanol–water partition coefficient (Wildman–Crippen LogP) is 2.20. The van der Waals surface area contributed by atoms with Crippen LogP contribution in [0.1, 0.15) is 18.4 Å². The van der Waals surface area contributed by atoms with Crippen LogP contribution < -0.4 is 15.4 Å². The van der Waals surface area contributed by atoms with E-state index in [1.807, 2.05) is 12.1 Å². The Bertz CT molecular complexity index is 774. The number of nitrogens with one attached hydrogen (secondary N) is 1. The standard InChI is InChI=1S/C20H24N4O3/c21-19(22)16-2-1-3-18(14-16)26-12-13-27-20(25)15-6-10-24(11-7-15)17-4-8-23-9-5-17/h1-5,8-9,14-15H,6-7,10-13H2,(H3,21,22). The summed E-state index contributed by atoms with van der Waals surface area (Å²) in [6, 6.07) is 11.0. The molecule has 1 aliphatic rings. The molecule has 1 saturated heterocycles. The maximum absolute atomic E-state index is 12.2. The molecule has 1 aliphatic heterocycles. The maximum Gasteiger partial charge on any atom is 0.309 e. The van der Waals surface area contributed by atoms with Crippen LogP contribution in [0.3, 0.4) is 0 Å². The summed E-state index contributed by atoms with van der Waals surface area (Å²) in [5.41, 5.74) is 7.20. The van der Waals surface area contributed by atoms with Crippen molar-refractivity contribution >= 4 is 17.5 Å². The lowest BCUT2D eigenvalue weighted by Crippen LogP contribution is -2.37. The molecule has 2 aromatic rings. The van der Waals surface area contributed by atoms with Gasteiger partial charge in [0.2, 0.25) is 0 Å². The summed E-state index contributed by atoms with van der Waals surface area (Å²) in [4.78, 5) is 18.5. The second kappa shape index (κ2) is 9.02. The molecule has 7 heteroatoms. The highest BCUT2D eigenvalue weighted by molar-refractivity contribution is 5.95. The van der Waals surface area contributed by atoms with Gasteiger partial charge in [-0.15, -0.1) is 0 Å². The fourth-order valence-electron chi connectivity index (χ4n) is 3.10. The first-order valence-corrected chi connectivity index (χ1v) is 9.02. The molecule has 0 unspecified atom stereocenters. The first-order chi connectivity index (χ1) is 13.1. The number of carbonyl (C=O) groups is 1. The van der Waals surface area contributed by atoms with Crippen molar-refractivity contribution in [1.82, 2.24) is 4.98 Å². The topological polar surface area (TPSA) is 102 Å². The van der Waals surface area contributed by atoms with Crippen LogP contribution in [-0.4, -0.2) is 43.1 Å². The molecule has 7 nitrogen and oxygen atoms in total. The number of nitrogen functional groups attached to an aromatic ring is 1. The molecule has 0 bridgehead atoms. The molecule has 0 saturated carbocycles. The van der Waals surface area contributed by atoms with Crippen LogP contribution in [0.15, 0.2) is 48.8 Å². The normalized spacial score (nSPS) is 14.6. The van der Waals surface area contributed by atoms with Gasteiger partial charge in [0, 0.05) is 36.7 Å². The van der Waals surface area contributed by atoms with Crippen molar-refractivity contribution in [2.75, 3.05) is 31.2 Å². The van der Waals surface area contributed by atoms with Crippen LogP contribution in [0.2, 0.25) is 0 Å². The van der Waals surface area contributed by atoms with Crippen LogP contribution in [-0.2, 0) is 9.53 Å². The second-order valence-electron chi connectivity index (χ2n) is 6.42. The van der Waals surface area contributed by atoms with Crippen molar-refractivity contribution in [2.45, 2.75) is 12.8 Å². The second-order valence-corrected chi connectivity index (χ2v) is 6.42. The quantitative estimate of drug-likeness (QED) is 0.336. The highest BCUT2D eigenvalue weighted by Crippen LogP contribution is 2.23. The smallest absolute Gasteiger partial charge is 0.309 e. The highest BCUT2D eigenvalue weighted by atomic mass is 16.6. The molecule has 0 amide bonds. The molecule has 2 heterocycles. The molecule has 0 atom stereocenters. The molecule has 1 fully saturated rings. The number of carbonyl (C=O) groups excluding carboxylic acids is 1. The molecular weight excluding hydrogens is 344 g/mol. The number of pyridine rings is 1. The van der Waals surface area contributed by atoms with Crippen molar-refractivity contribution in [1.29, 1.82) is 5.41 Å². The number of benzene rings is 1. The molecule has 1 aromatic heterocycles. The third kappa shape index (κ3) is 5.20. The average Bonchev–Trinajstić information content (AvgIpc) is 2.72. The Balaban J connectivity index is 1.38. The van der Waals surface area contributed by atoms with E-state index in [0.29, 0.717) is 11.3 Å². The van der Waals surface area contributed by atoms with Gasteiger partial charge in [-0.05, 0) is 37.1 Å². The van der Waals surface area contributed by atoms with Gasteiger partial charge in [-0.25, -0.2) is 0 Å².